The molecule has 6 heteroatoms. The lowest BCUT2D eigenvalue weighted by atomic mass is 10.1. The van der Waals surface area contributed by atoms with E-state index in [9.17, 15) is 14.0 Å². The Bertz CT molecular complexity index is 527. The first-order valence-corrected chi connectivity index (χ1v) is 7.15. The average Bonchev–Trinajstić information content (AvgIpc) is 2.47. The Morgan fingerprint density at radius 3 is 2.55 bits per heavy atom. The summed E-state index contributed by atoms with van der Waals surface area (Å²) in [5, 5.41) is 5.24. The van der Waals surface area contributed by atoms with Crippen LogP contribution < -0.4 is 10.6 Å². The predicted octanol–water partition coefficient (Wildman–Crippen LogP) is 2.48. The molecule has 0 fully saturated rings. The van der Waals surface area contributed by atoms with Crippen molar-refractivity contribution in [1.29, 1.82) is 0 Å². The van der Waals surface area contributed by atoms with Crippen LogP contribution in [0.25, 0.3) is 5.57 Å². The van der Waals surface area contributed by atoms with Crippen LogP contribution in [0.5, 0.6) is 0 Å². The molecule has 0 aromatic heterocycles. The number of rotatable bonds is 7. The molecule has 1 aromatic carbocycles. The summed E-state index contributed by atoms with van der Waals surface area (Å²) in [4.78, 5) is 22.7. The second-order valence-electron chi connectivity index (χ2n) is 4.64. The highest BCUT2D eigenvalue weighted by molar-refractivity contribution is 5.90. The molecule has 0 aliphatic carbocycles. The number of amides is 2. The number of hydrogen-bond acceptors (Lipinski definition) is 3. The number of allylic oxidation sites excluding steroid dienone is 1. The van der Waals surface area contributed by atoms with E-state index in [1.807, 2.05) is 6.92 Å². The van der Waals surface area contributed by atoms with Gasteiger partial charge < -0.3 is 15.4 Å². The second-order valence-corrected chi connectivity index (χ2v) is 4.64. The largest absolute Gasteiger partial charge is 0.462 e. The molecule has 1 rings (SSSR count). The Balaban J connectivity index is 2.29. The van der Waals surface area contributed by atoms with Gasteiger partial charge in [-0.1, -0.05) is 12.1 Å². The zero-order chi connectivity index (χ0) is 16.4. The molecule has 22 heavy (non-hydrogen) atoms. The van der Waals surface area contributed by atoms with Gasteiger partial charge in [0, 0.05) is 19.2 Å². The second kappa shape index (κ2) is 9.55. The number of esters is 1. The predicted molar refractivity (Wildman–Crippen MR) is 82.7 cm³/mol. The van der Waals surface area contributed by atoms with Crippen LogP contribution in [0.3, 0.4) is 0 Å². The molecule has 0 radical (unpaired) electrons. The third kappa shape index (κ3) is 6.88. The van der Waals surface area contributed by atoms with Crippen LogP contribution in [0.4, 0.5) is 9.18 Å². The number of carbonyl (C=O) groups is 2. The third-order valence-electron chi connectivity index (χ3n) is 2.82. The first-order valence-electron chi connectivity index (χ1n) is 7.15. The first-order chi connectivity index (χ1) is 10.5. The van der Waals surface area contributed by atoms with Gasteiger partial charge in [0.15, 0.2) is 0 Å². The zero-order valence-electron chi connectivity index (χ0n) is 12.8. The zero-order valence-corrected chi connectivity index (χ0v) is 12.8. The Hall–Kier alpha value is -2.37. The van der Waals surface area contributed by atoms with E-state index in [1.54, 1.807) is 19.1 Å². The molecule has 0 bridgehead atoms. The van der Waals surface area contributed by atoms with E-state index in [-0.39, 0.29) is 18.5 Å². The van der Waals surface area contributed by atoms with Crippen molar-refractivity contribution in [2.24, 2.45) is 0 Å². The van der Waals surface area contributed by atoms with Gasteiger partial charge in [-0.25, -0.2) is 14.0 Å². The fourth-order valence-electron chi connectivity index (χ4n) is 1.68. The van der Waals surface area contributed by atoms with Crippen LogP contribution >= 0.6 is 0 Å². The fraction of sp³-hybridized carbons (Fsp3) is 0.375. The highest BCUT2D eigenvalue weighted by Crippen LogP contribution is 2.14. The highest BCUT2D eigenvalue weighted by Gasteiger charge is 2.03. The molecule has 120 valence electrons. The molecule has 0 aliphatic heterocycles. The van der Waals surface area contributed by atoms with Crippen LogP contribution in [0, 0.1) is 5.82 Å². The lowest BCUT2D eigenvalue weighted by Gasteiger charge is -2.06. The lowest BCUT2D eigenvalue weighted by Crippen LogP contribution is -2.36. The van der Waals surface area contributed by atoms with E-state index in [0.717, 1.165) is 5.56 Å². The summed E-state index contributed by atoms with van der Waals surface area (Å²) in [6, 6.07) is 5.65. The van der Waals surface area contributed by atoms with Crippen molar-refractivity contribution in [2.75, 3.05) is 19.7 Å². The van der Waals surface area contributed by atoms with Crippen molar-refractivity contribution >= 4 is 17.6 Å². The number of carbonyl (C=O) groups excluding carboxylic acids is 2. The number of hydrogen-bond donors (Lipinski definition) is 2. The monoisotopic (exact) mass is 308 g/mol. The van der Waals surface area contributed by atoms with Gasteiger partial charge in [-0.3, -0.25) is 0 Å². The summed E-state index contributed by atoms with van der Waals surface area (Å²) in [6.07, 6.45) is 1.90. The Morgan fingerprint density at radius 1 is 1.23 bits per heavy atom. The quantitative estimate of drug-likeness (QED) is 0.462. The van der Waals surface area contributed by atoms with Gasteiger partial charge in [-0.15, -0.1) is 0 Å². The van der Waals surface area contributed by atoms with Gasteiger partial charge in [-0.2, -0.15) is 0 Å². The summed E-state index contributed by atoms with van der Waals surface area (Å²) in [6.45, 7) is 4.80. The van der Waals surface area contributed by atoms with Gasteiger partial charge in [0.1, 0.15) is 5.82 Å². The number of ether oxygens (including phenoxy) is 1. The van der Waals surface area contributed by atoms with E-state index in [1.165, 1.54) is 18.2 Å². The standard InChI is InChI=1S/C16H21FN2O3/c1-3-18-16(21)19-9-4-10-22-15(20)11-12(2)13-5-7-14(17)8-6-13/h5-8,11H,3-4,9-10H2,1-2H3,(H2,18,19,21)/b12-11-. The van der Waals surface area contributed by atoms with E-state index >= 15 is 0 Å². The van der Waals surface area contributed by atoms with Crippen molar-refractivity contribution < 1.29 is 18.7 Å². The average molecular weight is 308 g/mol. The minimum atomic E-state index is -0.458. The number of benzene rings is 1. The molecule has 5 nitrogen and oxygen atoms in total. The Kier molecular flexibility index (Phi) is 7.67. The van der Waals surface area contributed by atoms with E-state index in [0.29, 0.717) is 25.1 Å². The van der Waals surface area contributed by atoms with Gasteiger partial charge in [0.2, 0.25) is 0 Å². The summed E-state index contributed by atoms with van der Waals surface area (Å²) in [5.41, 5.74) is 1.46. The Labute approximate surface area is 129 Å². The molecule has 2 amide bonds. The highest BCUT2D eigenvalue weighted by atomic mass is 19.1. The summed E-state index contributed by atoms with van der Waals surface area (Å²) < 4.78 is 17.9. The SMILES string of the molecule is CCNC(=O)NCCCOC(=O)/C=C(/C)c1ccc(F)cc1. The van der Waals surface area contributed by atoms with Gasteiger partial charge in [0.05, 0.1) is 6.61 Å². The van der Waals surface area contributed by atoms with Crippen molar-refractivity contribution in [2.45, 2.75) is 20.3 Å². The molecular weight excluding hydrogens is 287 g/mol. The van der Waals surface area contributed by atoms with E-state index in [2.05, 4.69) is 10.6 Å². The van der Waals surface area contributed by atoms with E-state index < -0.39 is 5.97 Å². The summed E-state index contributed by atoms with van der Waals surface area (Å²) in [7, 11) is 0. The number of urea groups is 1. The van der Waals surface area contributed by atoms with Crippen molar-refractivity contribution in [1.82, 2.24) is 10.6 Å². The molecule has 0 saturated carbocycles. The molecular formula is C16H21FN2O3. The van der Waals surface area contributed by atoms with Crippen LogP contribution in [0.1, 0.15) is 25.8 Å². The van der Waals surface area contributed by atoms with Crippen molar-refractivity contribution in [3.63, 3.8) is 0 Å². The topological polar surface area (TPSA) is 67.4 Å². The normalized spacial score (nSPS) is 11.0. The smallest absolute Gasteiger partial charge is 0.331 e. The van der Waals surface area contributed by atoms with Crippen LogP contribution in [0.15, 0.2) is 30.3 Å². The van der Waals surface area contributed by atoms with E-state index in [4.69, 9.17) is 4.74 Å². The third-order valence-corrected chi connectivity index (χ3v) is 2.82. The fourth-order valence-corrected chi connectivity index (χ4v) is 1.68. The molecule has 0 atom stereocenters. The lowest BCUT2D eigenvalue weighted by molar-refractivity contribution is -0.137. The number of halogens is 1. The molecule has 1 aromatic rings. The minimum Gasteiger partial charge on any atom is -0.462 e. The molecule has 0 saturated heterocycles. The summed E-state index contributed by atoms with van der Waals surface area (Å²) >= 11 is 0. The van der Waals surface area contributed by atoms with Crippen LogP contribution in [-0.2, 0) is 9.53 Å². The number of nitrogens with one attached hydrogen (secondary N) is 2. The van der Waals surface area contributed by atoms with Gasteiger partial charge in [-0.05, 0) is 43.5 Å². The molecule has 0 unspecified atom stereocenters. The maximum atomic E-state index is 12.8. The molecule has 0 heterocycles. The molecule has 0 spiro atoms. The van der Waals surface area contributed by atoms with Gasteiger partial charge >= 0.3 is 12.0 Å². The Morgan fingerprint density at radius 2 is 1.91 bits per heavy atom. The summed E-state index contributed by atoms with van der Waals surface area (Å²) in [5.74, 6) is -0.779. The van der Waals surface area contributed by atoms with Gasteiger partial charge in [0.25, 0.3) is 0 Å². The van der Waals surface area contributed by atoms with Crippen molar-refractivity contribution in [3.8, 4) is 0 Å². The molecule has 2 N–H and O–H groups in total. The first kappa shape index (κ1) is 17.7. The van der Waals surface area contributed by atoms with Crippen LogP contribution in [0.2, 0.25) is 0 Å². The van der Waals surface area contributed by atoms with Crippen LogP contribution in [-0.4, -0.2) is 31.7 Å². The maximum absolute atomic E-state index is 12.8. The molecule has 0 aliphatic rings. The minimum absolute atomic E-state index is 0.221. The maximum Gasteiger partial charge on any atom is 0.331 e. The van der Waals surface area contributed by atoms with Crippen molar-refractivity contribution in [3.05, 3.63) is 41.7 Å².